The second kappa shape index (κ2) is 5.30. The smallest absolute Gasteiger partial charge is 0.0637 e. The van der Waals surface area contributed by atoms with E-state index in [9.17, 15) is 0 Å². The van der Waals surface area contributed by atoms with E-state index in [-0.39, 0.29) is 0 Å². The Bertz CT molecular complexity index is 624. The standard InChI is InChI=1S/C16H19ClN2S/c17-16-12-3-1-2-4-14(12)20-15(16)10-19-8-6-13-11(9-19)5-7-18-13/h1-4,11,13,18H,5-10H2. The number of rotatable bonds is 2. The zero-order valence-electron chi connectivity index (χ0n) is 11.4. The van der Waals surface area contributed by atoms with Crippen molar-refractivity contribution in [2.75, 3.05) is 19.6 Å². The van der Waals surface area contributed by atoms with E-state index in [0.717, 1.165) is 23.5 Å². The second-order valence-corrected chi connectivity index (χ2v) is 7.48. The van der Waals surface area contributed by atoms with Crippen LogP contribution in [0.15, 0.2) is 24.3 Å². The number of likely N-dealkylation sites (tertiary alicyclic amines) is 1. The summed E-state index contributed by atoms with van der Waals surface area (Å²) in [5, 5.41) is 5.81. The normalized spacial score (nSPS) is 27.1. The Hall–Kier alpha value is -0.610. The van der Waals surface area contributed by atoms with Crippen LogP contribution in [0.25, 0.3) is 10.1 Å². The molecule has 2 aliphatic rings. The molecule has 2 saturated heterocycles. The average molecular weight is 307 g/mol. The van der Waals surface area contributed by atoms with Crippen LogP contribution < -0.4 is 5.32 Å². The minimum Gasteiger partial charge on any atom is -0.314 e. The van der Waals surface area contributed by atoms with Crippen LogP contribution in [0.3, 0.4) is 0 Å². The maximum atomic E-state index is 6.56. The molecule has 2 aromatic rings. The fourth-order valence-corrected chi connectivity index (χ4v) is 5.17. The van der Waals surface area contributed by atoms with Crippen molar-refractivity contribution >= 4 is 33.0 Å². The van der Waals surface area contributed by atoms with Gasteiger partial charge in [-0.05, 0) is 31.4 Å². The van der Waals surface area contributed by atoms with Gasteiger partial charge in [0.1, 0.15) is 0 Å². The number of hydrogen-bond donors (Lipinski definition) is 1. The molecule has 0 bridgehead atoms. The maximum Gasteiger partial charge on any atom is 0.0637 e. The van der Waals surface area contributed by atoms with Crippen LogP contribution in [-0.2, 0) is 6.54 Å². The molecule has 2 nitrogen and oxygen atoms in total. The van der Waals surface area contributed by atoms with Crippen molar-refractivity contribution in [3.8, 4) is 0 Å². The number of nitrogens with one attached hydrogen (secondary N) is 1. The van der Waals surface area contributed by atoms with Gasteiger partial charge in [-0.1, -0.05) is 29.8 Å². The number of halogens is 1. The van der Waals surface area contributed by atoms with E-state index in [1.807, 2.05) is 11.3 Å². The van der Waals surface area contributed by atoms with Crippen molar-refractivity contribution in [2.45, 2.75) is 25.4 Å². The topological polar surface area (TPSA) is 15.3 Å². The van der Waals surface area contributed by atoms with Crippen LogP contribution >= 0.6 is 22.9 Å². The minimum atomic E-state index is 0.768. The lowest BCUT2D eigenvalue weighted by atomic mass is 9.93. The van der Waals surface area contributed by atoms with Crippen LogP contribution in [0.1, 0.15) is 17.7 Å². The molecule has 2 aliphatic heterocycles. The van der Waals surface area contributed by atoms with Gasteiger partial charge in [0, 0.05) is 40.6 Å². The Morgan fingerprint density at radius 2 is 2.20 bits per heavy atom. The second-order valence-electron chi connectivity index (χ2n) is 5.97. The molecule has 2 fully saturated rings. The molecule has 0 aliphatic carbocycles. The molecule has 0 spiro atoms. The highest BCUT2D eigenvalue weighted by molar-refractivity contribution is 7.19. The number of nitrogens with zero attached hydrogens (tertiary/aromatic N) is 1. The summed E-state index contributed by atoms with van der Waals surface area (Å²) in [7, 11) is 0. The molecule has 2 atom stereocenters. The predicted molar refractivity (Wildman–Crippen MR) is 86.6 cm³/mol. The molecule has 3 heterocycles. The molecule has 4 heteroatoms. The van der Waals surface area contributed by atoms with Gasteiger partial charge in [-0.15, -0.1) is 11.3 Å². The largest absolute Gasteiger partial charge is 0.314 e. The Morgan fingerprint density at radius 3 is 3.10 bits per heavy atom. The molecule has 1 N–H and O–H groups in total. The maximum absolute atomic E-state index is 6.56. The average Bonchev–Trinajstić information content (AvgIpc) is 3.05. The van der Waals surface area contributed by atoms with Gasteiger partial charge in [-0.25, -0.2) is 0 Å². The SMILES string of the molecule is Clc1c(CN2CCC3NCCC3C2)sc2ccccc12. The monoisotopic (exact) mass is 306 g/mol. The summed E-state index contributed by atoms with van der Waals surface area (Å²) >= 11 is 8.41. The van der Waals surface area contributed by atoms with Gasteiger partial charge < -0.3 is 5.32 Å². The van der Waals surface area contributed by atoms with Crippen LogP contribution in [0.4, 0.5) is 0 Å². The highest BCUT2D eigenvalue weighted by Crippen LogP contribution is 2.36. The summed E-state index contributed by atoms with van der Waals surface area (Å²) in [5.74, 6) is 0.844. The van der Waals surface area contributed by atoms with Crippen molar-refractivity contribution in [2.24, 2.45) is 5.92 Å². The van der Waals surface area contributed by atoms with E-state index in [2.05, 4.69) is 34.5 Å². The first-order valence-electron chi connectivity index (χ1n) is 7.43. The van der Waals surface area contributed by atoms with Crippen molar-refractivity contribution in [1.82, 2.24) is 10.2 Å². The van der Waals surface area contributed by atoms with E-state index in [0.29, 0.717) is 0 Å². The zero-order chi connectivity index (χ0) is 13.5. The summed E-state index contributed by atoms with van der Waals surface area (Å²) in [5.41, 5.74) is 0. The Kier molecular flexibility index (Phi) is 3.47. The first-order chi connectivity index (χ1) is 9.81. The van der Waals surface area contributed by atoms with E-state index in [4.69, 9.17) is 11.6 Å². The van der Waals surface area contributed by atoms with Crippen molar-refractivity contribution < 1.29 is 0 Å². The molecular formula is C16H19ClN2S. The highest BCUT2D eigenvalue weighted by atomic mass is 35.5. The quantitative estimate of drug-likeness (QED) is 0.909. The third kappa shape index (κ3) is 2.27. The molecule has 106 valence electrons. The summed E-state index contributed by atoms with van der Waals surface area (Å²) in [6.07, 6.45) is 2.62. The van der Waals surface area contributed by atoms with Crippen molar-refractivity contribution in [3.05, 3.63) is 34.2 Å². The highest BCUT2D eigenvalue weighted by Gasteiger charge is 2.32. The molecule has 1 aromatic carbocycles. The Labute approximate surface area is 128 Å². The third-order valence-electron chi connectivity index (χ3n) is 4.71. The van der Waals surface area contributed by atoms with Gasteiger partial charge >= 0.3 is 0 Å². The molecule has 1 aromatic heterocycles. The summed E-state index contributed by atoms with van der Waals surface area (Å²) in [4.78, 5) is 3.92. The number of piperidine rings is 1. The van der Waals surface area contributed by atoms with Gasteiger partial charge in [-0.3, -0.25) is 4.90 Å². The van der Waals surface area contributed by atoms with Gasteiger partial charge in [0.2, 0.25) is 0 Å². The van der Waals surface area contributed by atoms with Crippen LogP contribution in [0.5, 0.6) is 0 Å². The Morgan fingerprint density at radius 1 is 1.30 bits per heavy atom. The molecule has 2 unspecified atom stereocenters. The van der Waals surface area contributed by atoms with Crippen LogP contribution in [0, 0.1) is 5.92 Å². The number of benzene rings is 1. The number of thiophene rings is 1. The molecule has 0 radical (unpaired) electrons. The predicted octanol–water partition coefficient (Wildman–Crippen LogP) is 3.74. The Balaban J connectivity index is 1.54. The fourth-order valence-electron chi connectivity index (χ4n) is 3.64. The molecule has 0 amide bonds. The van der Waals surface area contributed by atoms with Gasteiger partial charge in [0.25, 0.3) is 0 Å². The lowest BCUT2D eigenvalue weighted by molar-refractivity contribution is 0.157. The van der Waals surface area contributed by atoms with E-state index in [1.54, 1.807) is 0 Å². The zero-order valence-corrected chi connectivity index (χ0v) is 13.0. The van der Waals surface area contributed by atoms with E-state index in [1.165, 1.54) is 47.4 Å². The van der Waals surface area contributed by atoms with E-state index >= 15 is 0 Å². The van der Waals surface area contributed by atoms with Crippen LogP contribution in [-0.4, -0.2) is 30.6 Å². The summed E-state index contributed by atoms with van der Waals surface area (Å²) < 4.78 is 1.31. The summed E-state index contributed by atoms with van der Waals surface area (Å²) in [6, 6.07) is 9.23. The van der Waals surface area contributed by atoms with Gasteiger partial charge in [0.05, 0.1) is 5.02 Å². The molecular weight excluding hydrogens is 288 g/mol. The lowest BCUT2D eigenvalue weighted by Crippen LogP contribution is -2.43. The van der Waals surface area contributed by atoms with Crippen molar-refractivity contribution in [3.63, 3.8) is 0 Å². The van der Waals surface area contributed by atoms with Crippen molar-refractivity contribution in [1.29, 1.82) is 0 Å². The third-order valence-corrected chi connectivity index (χ3v) is 6.41. The first-order valence-corrected chi connectivity index (χ1v) is 8.62. The summed E-state index contributed by atoms with van der Waals surface area (Å²) in [6.45, 7) is 4.63. The van der Waals surface area contributed by atoms with Crippen LogP contribution in [0.2, 0.25) is 5.02 Å². The van der Waals surface area contributed by atoms with Gasteiger partial charge in [0.15, 0.2) is 0 Å². The number of fused-ring (bicyclic) bond motifs is 2. The molecule has 20 heavy (non-hydrogen) atoms. The lowest BCUT2D eigenvalue weighted by Gasteiger charge is -2.34. The first kappa shape index (κ1) is 13.1. The van der Waals surface area contributed by atoms with E-state index < -0.39 is 0 Å². The fraction of sp³-hybridized carbons (Fsp3) is 0.500. The molecule has 0 saturated carbocycles. The van der Waals surface area contributed by atoms with Gasteiger partial charge in [-0.2, -0.15) is 0 Å². The number of hydrogen-bond acceptors (Lipinski definition) is 3. The minimum absolute atomic E-state index is 0.768. The molecule has 4 rings (SSSR count).